The highest BCUT2D eigenvalue weighted by molar-refractivity contribution is 5.89. The van der Waals surface area contributed by atoms with Crippen molar-refractivity contribution in [2.75, 3.05) is 0 Å². The molecule has 0 saturated heterocycles. The van der Waals surface area contributed by atoms with Crippen LogP contribution in [0.5, 0.6) is 0 Å². The topological polar surface area (TPSA) is 79.5 Å². The van der Waals surface area contributed by atoms with E-state index in [9.17, 15) is 9.59 Å². The van der Waals surface area contributed by atoms with E-state index in [0.717, 1.165) is 18.5 Å². The van der Waals surface area contributed by atoms with Gasteiger partial charge in [0.2, 0.25) is 0 Å². The molecule has 2 N–H and O–H groups in total. The van der Waals surface area contributed by atoms with Gasteiger partial charge in [-0.1, -0.05) is 13.8 Å². The van der Waals surface area contributed by atoms with E-state index in [1.54, 1.807) is 16.8 Å². The lowest BCUT2D eigenvalue weighted by molar-refractivity contribution is -0.137. The summed E-state index contributed by atoms with van der Waals surface area (Å²) < 4.78 is 1.76. The molecule has 100 valence electrons. The zero-order chi connectivity index (χ0) is 13.7. The van der Waals surface area contributed by atoms with E-state index in [0.29, 0.717) is 6.54 Å². The standard InChI is InChI=1S/C13H19NO4/c1-3-9(4-2)12-10(13(17)18)5-7-14(12)8-6-11(15)16/h5,7,9H,3-4,6,8H2,1-2H3,(H,15,16)(H,17,18). The average molecular weight is 253 g/mol. The molecule has 0 atom stereocenters. The highest BCUT2D eigenvalue weighted by Gasteiger charge is 2.21. The van der Waals surface area contributed by atoms with Crippen molar-refractivity contribution < 1.29 is 19.8 Å². The number of carboxylic acids is 2. The minimum atomic E-state index is -0.953. The lowest BCUT2D eigenvalue weighted by atomic mass is 9.96. The van der Waals surface area contributed by atoms with Crippen LogP contribution in [0, 0.1) is 0 Å². The minimum Gasteiger partial charge on any atom is -0.481 e. The Morgan fingerprint density at radius 1 is 1.28 bits per heavy atom. The first kappa shape index (κ1) is 14.3. The van der Waals surface area contributed by atoms with Crippen LogP contribution in [0.3, 0.4) is 0 Å². The predicted molar refractivity (Wildman–Crippen MR) is 67.0 cm³/mol. The Kier molecular flexibility index (Phi) is 4.95. The molecule has 5 heteroatoms. The number of hydrogen-bond donors (Lipinski definition) is 2. The Hall–Kier alpha value is -1.78. The van der Waals surface area contributed by atoms with E-state index < -0.39 is 11.9 Å². The lowest BCUT2D eigenvalue weighted by Crippen LogP contribution is -2.13. The largest absolute Gasteiger partial charge is 0.481 e. The molecular weight excluding hydrogens is 234 g/mol. The van der Waals surface area contributed by atoms with Crippen LogP contribution in [0.2, 0.25) is 0 Å². The van der Waals surface area contributed by atoms with E-state index in [4.69, 9.17) is 10.2 Å². The number of rotatable bonds is 7. The zero-order valence-corrected chi connectivity index (χ0v) is 10.7. The van der Waals surface area contributed by atoms with Crippen molar-refractivity contribution in [1.82, 2.24) is 4.57 Å². The Morgan fingerprint density at radius 3 is 2.33 bits per heavy atom. The summed E-state index contributed by atoms with van der Waals surface area (Å²) in [6.07, 6.45) is 3.35. The number of carbonyl (C=O) groups is 2. The highest BCUT2D eigenvalue weighted by atomic mass is 16.4. The van der Waals surface area contributed by atoms with Crippen LogP contribution in [0.15, 0.2) is 12.3 Å². The maximum atomic E-state index is 11.2. The second kappa shape index (κ2) is 6.23. The Bertz CT molecular complexity index is 432. The molecule has 1 rings (SSSR count). The van der Waals surface area contributed by atoms with Crippen molar-refractivity contribution in [1.29, 1.82) is 0 Å². The Labute approximate surface area is 106 Å². The molecule has 18 heavy (non-hydrogen) atoms. The Balaban J connectivity index is 3.10. The van der Waals surface area contributed by atoms with Crippen molar-refractivity contribution in [2.24, 2.45) is 0 Å². The summed E-state index contributed by atoms with van der Waals surface area (Å²) in [7, 11) is 0. The van der Waals surface area contributed by atoms with Crippen molar-refractivity contribution in [3.63, 3.8) is 0 Å². The van der Waals surface area contributed by atoms with Gasteiger partial charge < -0.3 is 14.8 Å². The van der Waals surface area contributed by atoms with Gasteiger partial charge in [0.1, 0.15) is 0 Å². The molecule has 0 aromatic carbocycles. The van der Waals surface area contributed by atoms with Crippen LogP contribution < -0.4 is 0 Å². The molecule has 0 aliphatic heterocycles. The number of aromatic carboxylic acids is 1. The van der Waals surface area contributed by atoms with Gasteiger partial charge in [0.15, 0.2) is 0 Å². The molecular formula is C13H19NO4. The molecule has 0 saturated carbocycles. The third kappa shape index (κ3) is 3.12. The summed E-state index contributed by atoms with van der Waals surface area (Å²) in [5, 5.41) is 17.9. The first-order valence-corrected chi connectivity index (χ1v) is 6.15. The molecule has 0 bridgehead atoms. The van der Waals surface area contributed by atoms with E-state index in [1.165, 1.54) is 0 Å². The molecule has 0 fully saturated rings. The second-order valence-electron chi connectivity index (χ2n) is 4.27. The molecule has 0 unspecified atom stereocenters. The van der Waals surface area contributed by atoms with Gasteiger partial charge in [-0.2, -0.15) is 0 Å². The summed E-state index contributed by atoms with van der Waals surface area (Å²) in [5.41, 5.74) is 1.03. The van der Waals surface area contributed by atoms with Crippen LogP contribution in [-0.4, -0.2) is 26.7 Å². The monoisotopic (exact) mass is 253 g/mol. The molecule has 0 amide bonds. The van der Waals surface area contributed by atoms with E-state index >= 15 is 0 Å². The van der Waals surface area contributed by atoms with Gasteiger partial charge in [0.05, 0.1) is 12.0 Å². The van der Waals surface area contributed by atoms with Gasteiger partial charge >= 0.3 is 11.9 Å². The quantitative estimate of drug-likeness (QED) is 0.782. The van der Waals surface area contributed by atoms with E-state index in [1.807, 2.05) is 13.8 Å². The minimum absolute atomic E-state index is 0.000881. The third-order valence-electron chi connectivity index (χ3n) is 3.18. The Morgan fingerprint density at radius 2 is 1.89 bits per heavy atom. The fraction of sp³-hybridized carbons (Fsp3) is 0.538. The normalized spacial score (nSPS) is 10.8. The fourth-order valence-electron chi connectivity index (χ4n) is 2.21. The van der Waals surface area contributed by atoms with Crippen molar-refractivity contribution in [2.45, 2.75) is 45.6 Å². The summed E-state index contributed by atoms with van der Waals surface area (Å²) >= 11 is 0. The van der Waals surface area contributed by atoms with Gasteiger partial charge in [-0.05, 0) is 24.8 Å². The summed E-state index contributed by atoms with van der Waals surface area (Å²) in [6, 6.07) is 1.55. The lowest BCUT2D eigenvalue weighted by Gasteiger charge is -2.17. The van der Waals surface area contributed by atoms with Gasteiger partial charge in [0.25, 0.3) is 0 Å². The maximum Gasteiger partial charge on any atom is 0.337 e. The number of aliphatic carboxylic acids is 1. The first-order chi connectivity index (χ1) is 8.51. The fourth-order valence-corrected chi connectivity index (χ4v) is 2.21. The van der Waals surface area contributed by atoms with E-state index in [2.05, 4.69) is 0 Å². The zero-order valence-electron chi connectivity index (χ0n) is 10.7. The van der Waals surface area contributed by atoms with Crippen molar-refractivity contribution in [3.8, 4) is 0 Å². The van der Waals surface area contributed by atoms with Gasteiger partial charge in [-0.3, -0.25) is 4.79 Å². The van der Waals surface area contributed by atoms with Gasteiger partial charge in [0, 0.05) is 18.4 Å². The van der Waals surface area contributed by atoms with Crippen molar-refractivity contribution in [3.05, 3.63) is 23.5 Å². The second-order valence-corrected chi connectivity index (χ2v) is 4.27. The van der Waals surface area contributed by atoms with Gasteiger partial charge in [-0.15, -0.1) is 0 Å². The number of hydrogen-bond acceptors (Lipinski definition) is 2. The molecule has 0 aliphatic rings. The summed E-state index contributed by atoms with van der Waals surface area (Å²) in [5.74, 6) is -1.68. The third-order valence-corrected chi connectivity index (χ3v) is 3.18. The summed E-state index contributed by atoms with van der Waals surface area (Å²) in [6.45, 7) is 4.33. The van der Waals surface area contributed by atoms with Crippen LogP contribution in [0.1, 0.15) is 55.1 Å². The van der Waals surface area contributed by atoms with Gasteiger partial charge in [-0.25, -0.2) is 4.79 Å². The maximum absolute atomic E-state index is 11.2. The van der Waals surface area contributed by atoms with Crippen LogP contribution >= 0.6 is 0 Å². The summed E-state index contributed by atoms with van der Waals surface area (Å²) in [4.78, 5) is 21.8. The van der Waals surface area contributed by atoms with Crippen LogP contribution in [0.25, 0.3) is 0 Å². The van der Waals surface area contributed by atoms with E-state index in [-0.39, 0.29) is 17.9 Å². The average Bonchev–Trinajstić information content (AvgIpc) is 2.72. The first-order valence-electron chi connectivity index (χ1n) is 6.15. The van der Waals surface area contributed by atoms with Crippen molar-refractivity contribution >= 4 is 11.9 Å². The number of carboxylic acid groups (broad SMARTS) is 2. The molecule has 1 aromatic heterocycles. The predicted octanol–water partition coefficient (Wildman–Crippen LogP) is 2.56. The number of nitrogens with zero attached hydrogens (tertiary/aromatic N) is 1. The molecule has 0 spiro atoms. The molecule has 1 heterocycles. The smallest absolute Gasteiger partial charge is 0.337 e. The molecule has 5 nitrogen and oxygen atoms in total. The SMILES string of the molecule is CCC(CC)c1c(C(=O)O)ccn1CCC(=O)O. The molecule has 0 aliphatic carbocycles. The number of aromatic nitrogens is 1. The highest BCUT2D eigenvalue weighted by Crippen LogP contribution is 2.27. The number of aryl methyl sites for hydroxylation is 1. The molecule has 1 aromatic rings. The van der Waals surface area contributed by atoms with Crippen LogP contribution in [-0.2, 0) is 11.3 Å². The van der Waals surface area contributed by atoms with Crippen LogP contribution in [0.4, 0.5) is 0 Å². The molecule has 0 radical (unpaired) electrons.